The molecule has 0 saturated carbocycles. The predicted molar refractivity (Wildman–Crippen MR) is 77.1 cm³/mol. The Balaban J connectivity index is 2.24. The van der Waals surface area contributed by atoms with Gasteiger partial charge in [-0.25, -0.2) is 0 Å². The van der Waals surface area contributed by atoms with Gasteiger partial charge in [0.15, 0.2) is 0 Å². The van der Waals surface area contributed by atoms with Crippen molar-refractivity contribution < 1.29 is 9.21 Å². The molecule has 1 amide bonds. The molecule has 0 spiro atoms. The molecule has 0 unspecified atom stereocenters. The molecule has 2 heterocycles. The third kappa shape index (κ3) is 3.60. The average Bonchev–Trinajstić information content (AvgIpc) is 2.98. The highest BCUT2D eigenvalue weighted by atomic mass is 16.3. The number of pyridine rings is 1. The zero-order chi connectivity index (χ0) is 15.2. The minimum atomic E-state index is -0.209. The standard InChI is InChI=1S/C15H16N4O2/c1-11-14(8-12(17)9-18-11)15(20)19(6-3-5-16)10-13-4-2-7-21-13/h2,4,7-9H,3,6,10,17H2,1H3. The summed E-state index contributed by atoms with van der Waals surface area (Å²) in [4.78, 5) is 18.3. The number of carbonyl (C=O) groups is 1. The number of nitrogens with two attached hydrogens (primary N) is 1. The number of amides is 1. The van der Waals surface area contributed by atoms with E-state index in [9.17, 15) is 4.79 Å². The Morgan fingerprint density at radius 3 is 3.05 bits per heavy atom. The third-order valence-corrected chi connectivity index (χ3v) is 3.05. The molecule has 6 nitrogen and oxygen atoms in total. The van der Waals surface area contributed by atoms with Crippen LogP contribution in [-0.2, 0) is 6.54 Å². The zero-order valence-corrected chi connectivity index (χ0v) is 11.7. The molecule has 108 valence electrons. The number of hydrogen-bond acceptors (Lipinski definition) is 5. The van der Waals surface area contributed by atoms with Gasteiger partial charge in [-0.2, -0.15) is 5.26 Å². The van der Waals surface area contributed by atoms with E-state index in [4.69, 9.17) is 15.4 Å². The van der Waals surface area contributed by atoms with Crippen LogP contribution in [0.15, 0.2) is 35.1 Å². The number of aryl methyl sites for hydroxylation is 1. The first-order valence-corrected chi connectivity index (χ1v) is 6.52. The van der Waals surface area contributed by atoms with E-state index in [0.29, 0.717) is 35.8 Å². The van der Waals surface area contributed by atoms with E-state index in [1.165, 1.54) is 6.20 Å². The molecule has 0 aromatic carbocycles. The molecule has 0 aliphatic carbocycles. The molecule has 2 aromatic rings. The van der Waals surface area contributed by atoms with Crippen molar-refractivity contribution in [2.75, 3.05) is 12.3 Å². The lowest BCUT2D eigenvalue weighted by atomic mass is 10.1. The second-order valence-electron chi connectivity index (χ2n) is 4.62. The van der Waals surface area contributed by atoms with Crippen molar-refractivity contribution >= 4 is 11.6 Å². The van der Waals surface area contributed by atoms with Crippen LogP contribution in [0.1, 0.15) is 28.2 Å². The summed E-state index contributed by atoms with van der Waals surface area (Å²) in [5, 5.41) is 8.75. The first kappa shape index (κ1) is 14.6. The number of anilines is 1. The van der Waals surface area contributed by atoms with E-state index in [1.54, 1.807) is 36.3 Å². The summed E-state index contributed by atoms with van der Waals surface area (Å²) in [6, 6.07) is 7.20. The van der Waals surface area contributed by atoms with Crippen molar-refractivity contribution in [1.82, 2.24) is 9.88 Å². The number of rotatable bonds is 5. The molecule has 2 rings (SSSR count). The van der Waals surface area contributed by atoms with E-state index in [1.807, 2.05) is 6.07 Å². The molecule has 0 saturated heterocycles. The fourth-order valence-corrected chi connectivity index (χ4v) is 1.96. The molecule has 6 heteroatoms. The minimum Gasteiger partial charge on any atom is -0.467 e. The van der Waals surface area contributed by atoms with Gasteiger partial charge in [0.05, 0.1) is 48.4 Å². The highest BCUT2D eigenvalue weighted by Gasteiger charge is 2.19. The summed E-state index contributed by atoms with van der Waals surface area (Å²) in [5.74, 6) is 0.453. The van der Waals surface area contributed by atoms with Crippen molar-refractivity contribution in [3.63, 3.8) is 0 Å². The van der Waals surface area contributed by atoms with Gasteiger partial charge in [0.2, 0.25) is 0 Å². The van der Waals surface area contributed by atoms with Gasteiger partial charge in [-0.1, -0.05) is 0 Å². The van der Waals surface area contributed by atoms with Gasteiger partial charge in [0.25, 0.3) is 5.91 Å². The number of carbonyl (C=O) groups excluding carboxylic acids is 1. The Kier molecular flexibility index (Phi) is 4.57. The van der Waals surface area contributed by atoms with Gasteiger partial charge < -0.3 is 15.1 Å². The van der Waals surface area contributed by atoms with E-state index in [0.717, 1.165) is 0 Å². The summed E-state index contributed by atoms with van der Waals surface area (Å²) in [5.41, 5.74) is 7.18. The summed E-state index contributed by atoms with van der Waals surface area (Å²) >= 11 is 0. The molecule has 0 radical (unpaired) electrons. The van der Waals surface area contributed by atoms with Crippen LogP contribution in [0.25, 0.3) is 0 Å². The lowest BCUT2D eigenvalue weighted by Crippen LogP contribution is -2.32. The van der Waals surface area contributed by atoms with E-state index in [-0.39, 0.29) is 12.3 Å². The number of aromatic nitrogens is 1. The lowest BCUT2D eigenvalue weighted by molar-refractivity contribution is 0.0734. The van der Waals surface area contributed by atoms with Crippen LogP contribution in [0, 0.1) is 18.3 Å². The SMILES string of the molecule is Cc1ncc(N)cc1C(=O)N(CCC#N)Cc1ccco1. The molecule has 0 aliphatic rings. The van der Waals surface area contributed by atoms with Crippen LogP contribution in [0.3, 0.4) is 0 Å². The number of nitrogen functional groups attached to an aromatic ring is 1. The molecule has 0 fully saturated rings. The first-order valence-electron chi connectivity index (χ1n) is 6.52. The molecular formula is C15H16N4O2. The summed E-state index contributed by atoms with van der Waals surface area (Å²) in [6.07, 6.45) is 3.31. The lowest BCUT2D eigenvalue weighted by Gasteiger charge is -2.21. The quantitative estimate of drug-likeness (QED) is 0.907. The van der Waals surface area contributed by atoms with Gasteiger partial charge in [-0.3, -0.25) is 9.78 Å². The van der Waals surface area contributed by atoms with Gasteiger partial charge >= 0.3 is 0 Å². The Morgan fingerprint density at radius 1 is 1.57 bits per heavy atom. The molecule has 21 heavy (non-hydrogen) atoms. The zero-order valence-electron chi connectivity index (χ0n) is 11.7. The molecule has 2 N–H and O–H groups in total. The maximum atomic E-state index is 12.6. The van der Waals surface area contributed by atoms with Crippen LogP contribution in [0.5, 0.6) is 0 Å². The van der Waals surface area contributed by atoms with Gasteiger partial charge in [0, 0.05) is 6.54 Å². The molecular weight excluding hydrogens is 268 g/mol. The van der Waals surface area contributed by atoms with E-state index in [2.05, 4.69) is 4.98 Å². The largest absolute Gasteiger partial charge is 0.467 e. The summed E-state index contributed by atoms with van der Waals surface area (Å²) in [7, 11) is 0. The van der Waals surface area contributed by atoms with Crippen molar-refractivity contribution in [3.05, 3.63) is 47.7 Å². The Bertz CT molecular complexity index is 659. The number of nitriles is 1. The monoisotopic (exact) mass is 284 g/mol. The Hall–Kier alpha value is -2.81. The van der Waals surface area contributed by atoms with E-state index >= 15 is 0 Å². The van der Waals surface area contributed by atoms with Crippen LogP contribution < -0.4 is 5.73 Å². The highest BCUT2D eigenvalue weighted by molar-refractivity contribution is 5.95. The molecule has 0 atom stereocenters. The third-order valence-electron chi connectivity index (χ3n) is 3.05. The van der Waals surface area contributed by atoms with Crippen LogP contribution in [0.4, 0.5) is 5.69 Å². The van der Waals surface area contributed by atoms with Crippen molar-refractivity contribution in [2.24, 2.45) is 0 Å². The fourth-order valence-electron chi connectivity index (χ4n) is 1.96. The molecule has 0 aliphatic heterocycles. The predicted octanol–water partition coefficient (Wildman–Crippen LogP) is 2.12. The maximum Gasteiger partial charge on any atom is 0.256 e. The topological polar surface area (TPSA) is 96.1 Å². The second-order valence-corrected chi connectivity index (χ2v) is 4.62. The van der Waals surface area contributed by atoms with Crippen LogP contribution in [-0.4, -0.2) is 22.3 Å². The van der Waals surface area contributed by atoms with E-state index < -0.39 is 0 Å². The molecule has 2 aromatic heterocycles. The van der Waals surface area contributed by atoms with Crippen LogP contribution in [0.2, 0.25) is 0 Å². The number of furan rings is 1. The van der Waals surface area contributed by atoms with Gasteiger partial charge in [0.1, 0.15) is 5.76 Å². The maximum absolute atomic E-state index is 12.6. The Morgan fingerprint density at radius 2 is 2.38 bits per heavy atom. The molecule has 0 bridgehead atoms. The second kappa shape index (κ2) is 6.57. The number of nitrogens with zero attached hydrogens (tertiary/aromatic N) is 3. The average molecular weight is 284 g/mol. The van der Waals surface area contributed by atoms with Crippen molar-refractivity contribution in [2.45, 2.75) is 19.9 Å². The smallest absolute Gasteiger partial charge is 0.256 e. The number of hydrogen-bond donors (Lipinski definition) is 1. The highest BCUT2D eigenvalue weighted by Crippen LogP contribution is 2.15. The summed E-state index contributed by atoms with van der Waals surface area (Å²) < 4.78 is 5.27. The van der Waals surface area contributed by atoms with Crippen molar-refractivity contribution in [1.29, 1.82) is 5.26 Å². The van der Waals surface area contributed by atoms with Crippen molar-refractivity contribution in [3.8, 4) is 6.07 Å². The summed E-state index contributed by atoms with van der Waals surface area (Å²) in [6.45, 7) is 2.38. The normalized spacial score (nSPS) is 10.1. The van der Waals surface area contributed by atoms with Crippen LogP contribution >= 0.6 is 0 Å². The minimum absolute atomic E-state index is 0.209. The fraction of sp³-hybridized carbons (Fsp3) is 0.267. The van der Waals surface area contributed by atoms with Gasteiger partial charge in [-0.15, -0.1) is 0 Å². The van der Waals surface area contributed by atoms with Gasteiger partial charge in [-0.05, 0) is 25.1 Å². The first-order chi connectivity index (χ1) is 10.1. The Labute approximate surface area is 122 Å².